The molecular formula is C10H14. The molecule has 1 aliphatic carbocycles. The molecule has 0 heteroatoms. The lowest BCUT2D eigenvalue weighted by Crippen LogP contribution is -1.92. The summed E-state index contributed by atoms with van der Waals surface area (Å²) in [5.41, 5.74) is 5.14. The van der Waals surface area contributed by atoms with Crippen LogP contribution < -0.4 is 0 Å². The van der Waals surface area contributed by atoms with E-state index in [-0.39, 0.29) is 0 Å². The lowest BCUT2D eigenvalue weighted by Gasteiger charge is -2.04. The van der Waals surface area contributed by atoms with Gasteiger partial charge in [-0.2, -0.15) is 0 Å². The van der Waals surface area contributed by atoms with Crippen LogP contribution in [0.1, 0.15) is 20.8 Å². The highest BCUT2D eigenvalue weighted by Crippen LogP contribution is 2.37. The molecule has 0 spiro atoms. The van der Waals surface area contributed by atoms with Gasteiger partial charge in [0.1, 0.15) is 0 Å². The van der Waals surface area contributed by atoms with Crippen molar-refractivity contribution in [2.24, 2.45) is 5.92 Å². The summed E-state index contributed by atoms with van der Waals surface area (Å²) in [6, 6.07) is 0. The number of hydrogen-bond donors (Lipinski definition) is 0. The van der Waals surface area contributed by atoms with Crippen LogP contribution in [-0.4, -0.2) is 0 Å². The molecule has 0 nitrogen and oxygen atoms in total. The highest BCUT2D eigenvalue weighted by atomic mass is 14.3. The minimum absolute atomic E-state index is 0.472. The van der Waals surface area contributed by atoms with Gasteiger partial charge in [-0.15, -0.1) is 0 Å². The van der Waals surface area contributed by atoms with Gasteiger partial charge in [-0.3, -0.25) is 0 Å². The van der Waals surface area contributed by atoms with Crippen LogP contribution in [0.25, 0.3) is 0 Å². The number of hydrogen-bond acceptors (Lipinski definition) is 0. The highest BCUT2D eigenvalue weighted by molar-refractivity contribution is 5.52. The van der Waals surface area contributed by atoms with Crippen molar-refractivity contribution in [3.63, 3.8) is 0 Å². The van der Waals surface area contributed by atoms with Gasteiger partial charge >= 0.3 is 0 Å². The van der Waals surface area contributed by atoms with E-state index in [1.807, 2.05) is 0 Å². The maximum atomic E-state index is 4.00. The molecule has 0 atom stereocenters. The van der Waals surface area contributed by atoms with Crippen LogP contribution in [0.5, 0.6) is 0 Å². The van der Waals surface area contributed by atoms with Crippen molar-refractivity contribution in [2.45, 2.75) is 20.8 Å². The minimum Gasteiger partial charge on any atom is -0.0949 e. The van der Waals surface area contributed by atoms with Crippen molar-refractivity contribution in [1.82, 2.24) is 0 Å². The molecule has 0 aromatic heterocycles. The Balaban J connectivity index is 3.11. The third-order valence-corrected chi connectivity index (χ3v) is 2.57. The fourth-order valence-electron chi connectivity index (χ4n) is 1.34. The van der Waals surface area contributed by atoms with Gasteiger partial charge in [-0.25, -0.2) is 0 Å². The largest absolute Gasteiger partial charge is 0.0949 e. The zero-order valence-corrected chi connectivity index (χ0v) is 6.99. The standard InChI is InChI=1S/C10H14/c1-6-7(2)9(4)10(5)8(6)3/h7H,1,4H2,2-3,5H3. The van der Waals surface area contributed by atoms with Crippen LogP contribution >= 0.6 is 0 Å². The molecule has 0 amide bonds. The van der Waals surface area contributed by atoms with E-state index in [9.17, 15) is 0 Å². The van der Waals surface area contributed by atoms with Crippen LogP contribution in [0.2, 0.25) is 0 Å². The molecule has 0 heterocycles. The molecule has 0 aromatic rings. The molecule has 0 fully saturated rings. The highest BCUT2D eigenvalue weighted by Gasteiger charge is 2.22. The first-order valence-corrected chi connectivity index (χ1v) is 3.61. The second-order valence-electron chi connectivity index (χ2n) is 3.02. The summed E-state index contributed by atoms with van der Waals surface area (Å²) >= 11 is 0. The van der Waals surface area contributed by atoms with E-state index in [1.54, 1.807) is 0 Å². The van der Waals surface area contributed by atoms with E-state index in [4.69, 9.17) is 0 Å². The Hall–Kier alpha value is -0.780. The zero-order valence-electron chi connectivity index (χ0n) is 6.99. The van der Waals surface area contributed by atoms with Crippen LogP contribution in [0, 0.1) is 5.92 Å². The summed E-state index contributed by atoms with van der Waals surface area (Å²) in [4.78, 5) is 0. The van der Waals surface area contributed by atoms with E-state index in [0.29, 0.717) is 5.92 Å². The minimum atomic E-state index is 0.472. The monoisotopic (exact) mass is 134 g/mol. The molecule has 0 aromatic carbocycles. The van der Waals surface area contributed by atoms with Crippen molar-refractivity contribution in [2.75, 3.05) is 0 Å². The summed E-state index contributed by atoms with van der Waals surface area (Å²) in [5, 5.41) is 0. The van der Waals surface area contributed by atoms with Crippen molar-refractivity contribution in [1.29, 1.82) is 0 Å². The maximum Gasteiger partial charge on any atom is 0.00547 e. The predicted octanol–water partition coefficient (Wildman–Crippen LogP) is 3.08. The van der Waals surface area contributed by atoms with Crippen LogP contribution in [0.4, 0.5) is 0 Å². The van der Waals surface area contributed by atoms with Crippen molar-refractivity contribution in [3.05, 3.63) is 35.5 Å². The molecule has 0 saturated carbocycles. The average molecular weight is 134 g/mol. The maximum absolute atomic E-state index is 4.00. The second-order valence-corrected chi connectivity index (χ2v) is 3.02. The van der Waals surface area contributed by atoms with Crippen molar-refractivity contribution in [3.8, 4) is 0 Å². The van der Waals surface area contributed by atoms with E-state index in [1.165, 1.54) is 22.3 Å². The van der Waals surface area contributed by atoms with Gasteiger partial charge in [0.05, 0.1) is 0 Å². The topological polar surface area (TPSA) is 0 Å². The first-order valence-electron chi connectivity index (χ1n) is 3.61. The van der Waals surface area contributed by atoms with Gasteiger partial charge in [0.2, 0.25) is 0 Å². The Morgan fingerprint density at radius 1 is 1.00 bits per heavy atom. The van der Waals surface area contributed by atoms with Crippen LogP contribution in [0.3, 0.4) is 0 Å². The van der Waals surface area contributed by atoms with E-state index in [2.05, 4.69) is 33.9 Å². The molecule has 0 saturated heterocycles. The molecule has 1 aliphatic rings. The quantitative estimate of drug-likeness (QED) is 0.477. The normalized spacial score (nSPS) is 21.1. The lowest BCUT2D eigenvalue weighted by atomic mass is 10.00. The fourth-order valence-corrected chi connectivity index (χ4v) is 1.34. The Bertz CT molecular complexity index is 204. The van der Waals surface area contributed by atoms with Gasteiger partial charge in [-0.1, -0.05) is 20.1 Å². The molecule has 1 rings (SSSR count). The SMILES string of the molecule is C=C1C(C)=C(C)C(=C)C1C. The molecule has 0 bridgehead atoms. The smallest absolute Gasteiger partial charge is 0.00547 e. The zero-order chi connectivity index (χ0) is 7.89. The van der Waals surface area contributed by atoms with Crippen LogP contribution in [-0.2, 0) is 0 Å². The lowest BCUT2D eigenvalue weighted by molar-refractivity contribution is 0.867. The van der Waals surface area contributed by atoms with Gasteiger partial charge in [0.15, 0.2) is 0 Å². The van der Waals surface area contributed by atoms with E-state index >= 15 is 0 Å². The molecule has 0 aliphatic heterocycles. The Kier molecular flexibility index (Phi) is 1.55. The first-order chi connectivity index (χ1) is 4.55. The summed E-state index contributed by atoms with van der Waals surface area (Å²) in [6.45, 7) is 14.4. The van der Waals surface area contributed by atoms with Crippen molar-refractivity contribution < 1.29 is 0 Å². The molecule has 0 N–H and O–H groups in total. The molecule has 0 radical (unpaired) electrons. The van der Waals surface area contributed by atoms with Gasteiger partial charge in [0.25, 0.3) is 0 Å². The third-order valence-electron chi connectivity index (χ3n) is 2.57. The van der Waals surface area contributed by atoms with Gasteiger partial charge in [0, 0.05) is 5.92 Å². The Morgan fingerprint density at radius 3 is 1.40 bits per heavy atom. The first kappa shape index (κ1) is 7.33. The third kappa shape index (κ3) is 0.756. The molecule has 54 valence electrons. The Morgan fingerprint density at radius 2 is 1.30 bits per heavy atom. The summed E-state index contributed by atoms with van der Waals surface area (Å²) < 4.78 is 0. The number of rotatable bonds is 0. The van der Waals surface area contributed by atoms with Gasteiger partial charge in [-0.05, 0) is 36.1 Å². The second kappa shape index (κ2) is 2.12. The molecular weight excluding hydrogens is 120 g/mol. The Labute approximate surface area is 62.9 Å². The predicted molar refractivity (Wildman–Crippen MR) is 45.8 cm³/mol. The van der Waals surface area contributed by atoms with Crippen molar-refractivity contribution >= 4 is 0 Å². The molecule has 10 heavy (non-hydrogen) atoms. The van der Waals surface area contributed by atoms with E-state index in [0.717, 1.165) is 0 Å². The van der Waals surface area contributed by atoms with Crippen LogP contribution in [0.15, 0.2) is 35.5 Å². The summed E-state index contributed by atoms with van der Waals surface area (Å²) in [7, 11) is 0. The van der Waals surface area contributed by atoms with E-state index < -0.39 is 0 Å². The fraction of sp³-hybridized carbons (Fsp3) is 0.400. The summed E-state index contributed by atoms with van der Waals surface area (Å²) in [5.74, 6) is 0.472. The van der Waals surface area contributed by atoms with Gasteiger partial charge < -0.3 is 0 Å². The number of allylic oxidation sites excluding steroid dienone is 4. The average Bonchev–Trinajstić information content (AvgIpc) is 2.07. The molecule has 0 unspecified atom stereocenters. The summed E-state index contributed by atoms with van der Waals surface area (Å²) in [6.07, 6.45) is 0.